The molecular formula is C14H12BrN3OS. The van der Waals surface area contributed by atoms with E-state index in [1.54, 1.807) is 49.6 Å². The van der Waals surface area contributed by atoms with Crippen molar-refractivity contribution in [2.75, 3.05) is 11.9 Å². The van der Waals surface area contributed by atoms with Gasteiger partial charge >= 0.3 is 0 Å². The van der Waals surface area contributed by atoms with Crippen molar-refractivity contribution >= 4 is 44.7 Å². The average Bonchev–Trinajstić information content (AvgIpc) is 2.46. The molecule has 0 fully saturated rings. The fourth-order valence-electron chi connectivity index (χ4n) is 1.64. The summed E-state index contributed by atoms with van der Waals surface area (Å²) in [6, 6.07) is 10.6. The van der Waals surface area contributed by atoms with Crippen LogP contribution in [-0.4, -0.2) is 22.9 Å². The number of nitrogens with two attached hydrogens (primary N) is 1. The van der Waals surface area contributed by atoms with Crippen molar-refractivity contribution in [3.05, 3.63) is 58.3 Å². The van der Waals surface area contributed by atoms with Crippen LogP contribution in [-0.2, 0) is 0 Å². The maximum absolute atomic E-state index is 12.3. The van der Waals surface area contributed by atoms with E-state index in [0.717, 1.165) is 15.7 Å². The molecule has 2 N–H and O–H groups in total. The molecule has 0 aliphatic carbocycles. The van der Waals surface area contributed by atoms with Crippen LogP contribution in [0.25, 0.3) is 0 Å². The Kier molecular flexibility index (Phi) is 4.46. The van der Waals surface area contributed by atoms with Gasteiger partial charge in [0.2, 0.25) is 0 Å². The number of carbonyl (C=O) groups is 1. The molecule has 1 aromatic carbocycles. The van der Waals surface area contributed by atoms with E-state index < -0.39 is 0 Å². The van der Waals surface area contributed by atoms with Gasteiger partial charge in [-0.25, -0.2) is 4.98 Å². The quantitative estimate of drug-likeness (QED) is 0.865. The first kappa shape index (κ1) is 14.6. The van der Waals surface area contributed by atoms with E-state index in [1.165, 1.54) is 4.90 Å². The first-order chi connectivity index (χ1) is 9.49. The fraction of sp³-hybridized carbons (Fsp3) is 0.0714. The summed E-state index contributed by atoms with van der Waals surface area (Å²) in [5, 5.41) is 0. The second-order valence-corrected chi connectivity index (χ2v) is 5.49. The minimum atomic E-state index is -0.180. The zero-order valence-corrected chi connectivity index (χ0v) is 13.1. The van der Waals surface area contributed by atoms with Crippen LogP contribution in [0.4, 0.5) is 5.69 Å². The maximum atomic E-state index is 12.3. The van der Waals surface area contributed by atoms with Crippen LogP contribution in [0.15, 0.2) is 47.1 Å². The van der Waals surface area contributed by atoms with Crippen LogP contribution >= 0.6 is 28.1 Å². The summed E-state index contributed by atoms with van der Waals surface area (Å²) in [4.78, 5) is 18.2. The topological polar surface area (TPSA) is 59.2 Å². The number of hydrogen-bond acceptors (Lipinski definition) is 3. The lowest BCUT2D eigenvalue weighted by Crippen LogP contribution is -2.27. The average molecular weight is 350 g/mol. The molecule has 0 aliphatic heterocycles. The van der Waals surface area contributed by atoms with Crippen molar-refractivity contribution in [3.63, 3.8) is 0 Å². The Morgan fingerprint density at radius 3 is 2.40 bits per heavy atom. The number of nitrogens with zero attached hydrogens (tertiary/aromatic N) is 2. The monoisotopic (exact) mass is 349 g/mol. The Morgan fingerprint density at radius 1 is 1.25 bits per heavy atom. The van der Waals surface area contributed by atoms with Crippen LogP contribution in [0.5, 0.6) is 0 Å². The second-order valence-electron chi connectivity index (χ2n) is 4.14. The number of anilines is 1. The molecule has 4 nitrogen and oxygen atoms in total. The number of halogens is 1. The molecule has 0 atom stereocenters. The summed E-state index contributed by atoms with van der Waals surface area (Å²) in [6.45, 7) is 0. The van der Waals surface area contributed by atoms with Gasteiger partial charge in [0, 0.05) is 29.0 Å². The van der Waals surface area contributed by atoms with E-state index in [1.807, 2.05) is 0 Å². The minimum Gasteiger partial charge on any atom is -0.389 e. The highest BCUT2D eigenvalue weighted by Crippen LogP contribution is 2.17. The molecule has 0 saturated heterocycles. The number of aromatic nitrogens is 1. The normalized spacial score (nSPS) is 10.1. The van der Waals surface area contributed by atoms with Gasteiger partial charge in [0.25, 0.3) is 5.91 Å². The highest BCUT2D eigenvalue weighted by Gasteiger charge is 2.14. The largest absolute Gasteiger partial charge is 0.389 e. The standard InChI is InChI=1S/C14H12BrN3OS/c1-18(11-5-2-9(3-6-11)13(16)20)14(19)12-7-4-10(15)8-17-12/h2-8H,1H3,(H2,16,20). The molecule has 0 bridgehead atoms. The van der Waals surface area contributed by atoms with Crippen LogP contribution in [0.2, 0.25) is 0 Å². The van der Waals surface area contributed by atoms with Gasteiger partial charge in [-0.3, -0.25) is 4.79 Å². The summed E-state index contributed by atoms with van der Waals surface area (Å²) in [7, 11) is 1.70. The Morgan fingerprint density at radius 2 is 1.90 bits per heavy atom. The Balaban J connectivity index is 2.22. The number of pyridine rings is 1. The van der Waals surface area contributed by atoms with E-state index in [0.29, 0.717) is 10.7 Å². The minimum absolute atomic E-state index is 0.180. The summed E-state index contributed by atoms with van der Waals surface area (Å²) < 4.78 is 0.831. The van der Waals surface area contributed by atoms with Crippen molar-refractivity contribution in [2.45, 2.75) is 0 Å². The van der Waals surface area contributed by atoms with Gasteiger partial charge in [0.05, 0.1) is 0 Å². The number of rotatable bonds is 3. The molecule has 0 unspecified atom stereocenters. The smallest absolute Gasteiger partial charge is 0.276 e. The van der Waals surface area contributed by atoms with Crippen molar-refractivity contribution in [3.8, 4) is 0 Å². The third-order valence-electron chi connectivity index (χ3n) is 2.79. The Bertz CT molecular complexity index is 640. The molecule has 0 saturated carbocycles. The van der Waals surface area contributed by atoms with E-state index in [2.05, 4.69) is 20.9 Å². The summed E-state index contributed by atoms with van der Waals surface area (Å²) >= 11 is 8.18. The molecule has 0 spiro atoms. The highest BCUT2D eigenvalue weighted by atomic mass is 79.9. The summed E-state index contributed by atoms with van der Waals surface area (Å²) in [5.74, 6) is -0.180. The van der Waals surface area contributed by atoms with Crippen molar-refractivity contribution in [2.24, 2.45) is 5.73 Å². The first-order valence-electron chi connectivity index (χ1n) is 5.78. The van der Waals surface area contributed by atoms with Gasteiger partial charge in [0.15, 0.2) is 0 Å². The first-order valence-corrected chi connectivity index (χ1v) is 6.98. The Hall–Kier alpha value is -1.79. The van der Waals surface area contributed by atoms with Crippen LogP contribution in [0.1, 0.15) is 16.1 Å². The van der Waals surface area contributed by atoms with Crippen LogP contribution < -0.4 is 10.6 Å². The predicted molar refractivity (Wildman–Crippen MR) is 87.0 cm³/mol. The van der Waals surface area contributed by atoms with Crippen LogP contribution in [0, 0.1) is 0 Å². The fourth-order valence-corrected chi connectivity index (χ4v) is 2.01. The molecule has 1 amide bonds. The number of carbonyl (C=O) groups excluding carboxylic acids is 1. The molecular weight excluding hydrogens is 338 g/mol. The summed E-state index contributed by atoms with van der Waals surface area (Å²) in [5.41, 5.74) is 7.44. The number of amides is 1. The molecule has 20 heavy (non-hydrogen) atoms. The van der Waals surface area contributed by atoms with Gasteiger partial charge in [0.1, 0.15) is 10.7 Å². The van der Waals surface area contributed by atoms with E-state index in [4.69, 9.17) is 18.0 Å². The Labute approximate surface area is 130 Å². The molecule has 0 radical (unpaired) electrons. The maximum Gasteiger partial charge on any atom is 0.276 e. The number of thiocarbonyl (C=S) groups is 1. The second kappa shape index (κ2) is 6.11. The molecule has 1 heterocycles. The van der Waals surface area contributed by atoms with Gasteiger partial charge < -0.3 is 10.6 Å². The van der Waals surface area contributed by atoms with E-state index in [9.17, 15) is 4.79 Å². The van der Waals surface area contributed by atoms with E-state index in [-0.39, 0.29) is 5.91 Å². The number of benzene rings is 1. The molecule has 2 aromatic rings. The predicted octanol–water partition coefficient (Wildman–Crippen LogP) is 2.75. The van der Waals surface area contributed by atoms with Crippen molar-refractivity contribution < 1.29 is 4.79 Å². The summed E-state index contributed by atoms with van der Waals surface area (Å²) in [6.07, 6.45) is 1.59. The number of hydrogen-bond donors (Lipinski definition) is 1. The SMILES string of the molecule is CN(C(=O)c1ccc(Br)cn1)c1ccc(C(N)=S)cc1. The molecule has 0 aliphatic rings. The highest BCUT2D eigenvalue weighted by molar-refractivity contribution is 9.10. The van der Waals surface area contributed by atoms with Gasteiger partial charge in [-0.2, -0.15) is 0 Å². The van der Waals surface area contributed by atoms with Gasteiger partial charge in [-0.15, -0.1) is 0 Å². The van der Waals surface area contributed by atoms with Crippen molar-refractivity contribution in [1.29, 1.82) is 0 Å². The third kappa shape index (κ3) is 3.20. The van der Waals surface area contributed by atoms with E-state index >= 15 is 0 Å². The molecule has 6 heteroatoms. The molecule has 1 aromatic heterocycles. The van der Waals surface area contributed by atoms with Gasteiger partial charge in [-0.1, -0.05) is 12.2 Å². The van der Waals surface area contributed by atoms with Crippen LogP contribution in [0.3, 0.4) is 0 Å². The molecule has 102 valence electrons. The lowest BCUT2D eigenvalue weighted by Gasteiger charge is -2.17. The third-order valence-corrected chi connectivity index (χ3v) is 3.50. The zero-order chi connectivity index (χ0) is 14.7. The lowest BCUT2D eigenvalue weighted by molar-refractivity contribution is 0.0988. The molecule has 2 rings (SSSR count). The van der Waals surface area contributed by atoms with Gasteiger partial charge in [-0.05, 0) is 52.3 Å². The lowest BCUT2D eigenvalue weighted by atomic mass is 10.2. The zero-order valence-electron chi connectivity index (χ0n) is 10.7. The van der Waals surface area contributed by atoms with Crippen molar-refractivity contribution in [1.82, 2.24) is 4.98 Å².